The molecule has 7 heteroatoms. The van der Waals surface area contributed by atoms with Crippen LogP contribution in [-0.2, 0) is 11.3 Å². The van der Waals surface area contributed by atoms with Crippen molar-refractivity contribution in [3.05, 3.63) is 59.9 Å². The first kappa shape index (κ1) is 20.5. The van der Waals surface area contributed by atoms with Gasteiger partial charge < -0.3 is 25.0 Å². The molecule has 28 heavy (non-hydrogen) atoms. The first-order valence-electron chi connectivity index (χ1n) is 9.62. The average molecular weight is 405 g/mol. The maximum absolute atomic E-state index is 13.3. The number of para-hydroxylation sites is 1. The van der Waals surface area contributed by atoms with Gasteiger partial charge in [-0.2, -0.15) is 0 Å². The summed E-state index contributed by atoms with van der Waals surface area (Å²) in [5.41, 5.74) is 1.54. The Hall–Kier alpha value is -2.22. The number of phenols is 1. The van der Waals surface area contributed by atoms with Gasteiger partial charge in [0.25, 0.3) is 0 Å². The van der Waals surface area contributed by atoms with Gasteiger partial charge in [0, 0.05) is 24.2 Å². The maximum Gasteiger partial charge on any atom is 0.173 e. The largest absolute Gasteiger partial charge is 0.508 e. The lowest BCUT2D eigenvalue weighted by Gasteiger charge is -2.27. The fraction of sp³-hybridized carbons (Fsp3) is 0.381. The van der Waals surface area contributed by atoms with Gasteiger partial charge in [0.1, 0.15) is 24.7 Å². The van der Waals surface area contributed by atoms with Crippen LogP contribution in [0.1, 0.15) is 12.0 Å². The molecule has 0 saturated carbocycles. The van der Waals surface area contributed by atoms with E-state index in [1.165, 1.54) is 12.1 Å². The van der Waals surface area contributed by atoms with Gasteiger partial charge >= 0.3 is 0 Å². The molecular weight excluding hydrogens is 377 g/mol. The minimum Gasteiger partial charge on any atom is -0.508 e. The van der Waals surface area contributed by atoms with E-state index in [0.717, 1.165) is 57.1 Å². The van der Waals surface area contributed by atoms with Crippen molar-refractivity contribution in [2.24, 2.45) is 0 Å². The lowest BCUT2D eigenvalue weighted by molar-refractivity contribution is -0.908. The van der Waals surface area contributed by atoms with Gasteiger partial charge in [0.2, 0.25) is 0 Å². The van der Waals surface area contributed by atoms with E-state index in [1.807, 2.05) is 17.0 Å². The van der Waals surface area contributed by atoms with Crippen molar-refractivity contribution in [2.45, 2.75) is 13.0 Å². The lowest BCUT2D eigenvalue weighted by atomic mass is 10.1. The van der Waals surface area contributed by atoms with E-state index < -0.39 is 0 Å². The number of aromatic hydroxyl groups is 1. The van der Waals surface area contributed by atoms with Gasteiger partial charge in [-0.3, -0.25) is 0 Å². The Morgan fingerprint density at radius 1 is 1.14 bits per heavy atom. The molecule has 2 aromatic rings. The van der Waals surface area contributed by atoms with Crippen molar-refractivity contribution in [3.63, 3.8) is 0 Å². The number of benzene rings is 2. The zero-order valence-corrected chi connectivity index (χ0v) is 16.7. The molecule has 0 aliphatic carbocycles. The molecule has 0 spiro atoms. The van der Waals surface area contributed by atoms with Crippen LogP contribution in [0.15, 0.2) is 48.5 Å². The minimum absolute atomic E-state index is 0.216. The van der Waals surface area contributed by atoms with Crippen LogP contribution in [0, 0.1) is 5.82 Å². The minimum atomic E-state index is -0.293. The number of nitrogens with one attached hydrogen (secondary N) is 2. The second-order valence-corrected chi connectivity index (χ2v) is 7.28. The quantitative estimate of drug-likeness (QED) is 0.485. The van der Waals surface area contributed by atoms with Gasteiger partial charge in [0.05, 0.1) is 26.3 Å². The number of thiocarbonyl (C=S) groups is 1. The molecule has 1 aliphatic rings. The predicted octanol–water partition coefficient (Wildman–Crippen LogP) is 1.72. The van der Waals surface area contributed by atoms with Crippen LogP contribution in [0.5, 0.6) is 5.75 Å². The molecule has 0 amide bonds. The Morgan fingerprint density at radius 3 is 2.57 bits per heavy atom. The summed E-state index contributed by atoms with van der Waals surface area (Å²) in [6, 6.07) is 13.4. The molecule has 1 fully saturated rings. The highest BCUT2D eigenvalue weighted by Gasteiger charge is 2.16. The second kappa shape index (κ2) is 10.4. The molecule has 1 saturated heterocycles. The molecule has 0 bridgehead atoms. The SMILES string of the molecule is Oc1ccccc1CN(C(=S)NCCC[NH+]1CCOCC1)c1ccc(F)cc1. The molecule has 0 radical (unpaired) electrons. The third kappa shape index (κ3) is 5.89. The summed E-state index contributed by atoms with van der Waals surface area (Å²) >= 11 is 5.62. The number of rotatable bonds is 7. The van der Waals surface area contributed by atoms with Crippen LogP contribution in [0.3, 0.4) is 0 Å². The van der Waals surface area contributed by atoms with Crippen LogP contribution in [0.4, 0.5) is 10.1 Å². The molecule has 1 heterocycles. The van der Waals surface area contributed by atoms with Crippen LogP contribution in [0.2, 0.25) is 0 Å². The molecule has 5 nitrogen and oxygen atoms in total. The topological polar surface area (TPSA) is 49.2 Å². The Labute approximate surface area is 170 Å². The normalized spacial score (nSPS) is 14.6. The number of halogens is 1. The fourth-order valence-corrected chi connectivity index (χ4v) is 3.53. The summed E-state index contributed by atoms with van der Waals surface area (Å²) in [6.07, 6.45) is 1.00. The number of morpholine rings is 1. The third-order valence-corrected chi connectivity index (χ3v) is 5.25. The molecule has 0 aromatic heterocycles. The average Bonchev–Trinajstić information content (AvgIpc) is 2.72. The Morgan fingerprint density at radius 2 is 1.86 bits per heavy atom. The van der Waals surface area contributed by atoms with E-state index >= 15 is 0 Å². The van der Waals surface area contributed by atoms with E-state index in [9.17, 15) is 9.50 Å². The van der Waals surface area contributed by atoms with Crippen LogP contribution in [-0.4, -0.2) is 49.6 Å². The molecule has 0 unspecified atom stereocenters. The summed E-state index contributed by atoms with van der Waals surface area (Å²) in [6.45, 7) is 6.02. The molecule has 2 aromatic carbocycles. The van der Waals surface area contributed by atoms with Crippen molar-refractivity contribution in [3.8, 4) is 5.75 Å². The van der Waals surface area contributed by atoms with Gasteiger partial charge in [0.15, 0.2) is 5.11 Å². The van der Waals surface area contributed by atoms with Crippen molar-refractivity contribution in [1.82, 2.24) is 5.32 Å². The molecule has 150 valence electrons. The number of ether oxygens (including phenoxy) is 1. The summed E-state index contributed by atoms with van der Waals surface area (Å²) in [5.74, 6) is -0.0769. The lowest BCUT2D eigenvalue weighted by Crippen LogP contribution is -3.14. The third-order valence-electron chi connectivity index (χ3n) is 4.89. The highest BCUT2D eigenvalue weighted by molar-refractivity contribution is 7.80. The smallest absolute Gasteiger partial charge is 0.173 e. The Kier molecular flexibility index (Phi) is 7.59. The summed E-state index contributed by atoms with van der Waals surface area (Å²) in [4.78, 5) is 3.44. The highest BCUT2D eigenvalue weighted by atomic mass is 32.1. The number of nitrogens with zero attached hydrogens (tertiary/aromatic N) is 1. The first-order valence-corrected chi connectivity index (χ1v) is 10.0. The van der Waals surface area contributed by atoms with Gasteiger partial charge in [-0.05, 0) is 42.5 Å². The molecular formula is C21H27FN3O2S+. The highest BCUT2D eigenvalue weighted by Crippen LogP contribution is 2.23. The van der Waals surface area contributed by atoms with E-state index in [2.05, 4.69) is 5.32 Å². The number of hydrogen-bond acceptors (Lipinski definition) is 3. The summed E-state index contributed by atoms with van der Waals surface area (Å²) < 4.78 is 18.7. The van der Waals surface area contributed by atoms with E-state index in [4.69, 9.17) is 17.0 Å². The standard InChI is InChI=1S/C21H26FN3O2S/c22-18-6-8-19(9-7-18)25(16-17-4-1-2-5-20(17)26)21(28)23-10-3-11-24-12-14-27-15-13-24/h1-2,4-9,26H,3,10-16H2,(H,23,28)/p+1. The van der Waals surface area contributed by atoms with Gasteiger partial charge in [-0.25, -0.2) is 4.39 Å². The van der Waals surface area contributed by atoms with Crippen LogP contribution in [0.25, 0.3) is 0 Å². The van der Waals surface area contributed by atoms with E-state index in [1.54, 1.807) is 29.2 Å². The molecule has 0 atom stereocenters. The Balaban J connectivity index is 1.61. The number of quaternary nitrogens is 1. The number of phenolic OH excluding ortho intramolecular Hbond substituents is 1. The summed E-state index contributed by atoms with van der Waals surface area (Å²) in [5, 5.41) is 14.0. The van der Waals surface area contributed by atoms with Crippen LogP contribution < -0.4 is 15.1 Å². The number of anilines is 1. The van der Waals surface area contributed by atoms with Crippen molar-refractivity contribution in [2.75, 3.05) is 44.3 Å². The zero-order chi connectivity index (χ0) is 19.8. The van der Waals surface area contributed by atoms with Gasteiger partial charge in [-0.1, -0.05) is 18.2 Å². The van der Waals surface area contributed by atoms with E-state index in [-0.39, 0.29) is 11.6 Å². The van der Waals surface area contributed by atoms with Gasteiger partial charge in [-0.15, -0.1) is 0 Å². The molecule has 1 aliphatic heterocycles. The second-order valence-electron chi connectivity index (χ2n) is 6.89. The zero-order valence-electron chi connectivity index (χ0n) is 15.9. The number of hydrogen-bond donors (Lipinski definition) is 3. The maximum atomic E-state index is 13.3. The van der Waals surface area contributed by atoms with E-state index in [0.29, 0.717) is 11.7 Å². The van der Waals surface area contributed by atoms with Crippen molar-refractivity contribution in [1.29, 1.82) is 0 Å². The Bertz CT molecular complexity index is 767. The van der Waals surface area contributed by atoms with Crippen molar-refractivity contribution >= 4 is 23.0 Å². The molecule has 3 rings (SSSR count). The predicted molar refractivity (Wildman–Crippen MR) is 112 cm³/mol. The first-order chi connectivity index (χ1) is 13.6. The summed E-state index contributed by atoms with van der Waals surface area (Å²) in [7, 11) is 0. The monoisotopic (exact) mass is 404 g/mol. The fourth-order valence-electron chi connectivity index (χ4n) is 3.26. The van der Waals surface area contributed by atoms with Crippen molar-refractivity contribution < 1.29 is 19.1 Å². The molecule has 3 N–H and O–H groups in total. The van der Waals surface area contributed by atoms with Crippen LogP contribution >= 0.6 is 12.2 Å².